The van der Waals surface area contributed by atoms with Crippen molar-refractivity contribution in [2.24, 2.45) is 5.73 Å². The minimum atomic E-state index is -4.58. The van der Waals surface area contributed by atoms with Gasteiger partial charge in [-0.15, -0.1) is 0 Å². The first-order chi connectivity index (χ1) is 9.12. The molecular formula is C12H13F3N2O3. The van der Waals surface area contributed by atoms with E-state index in [1.807, 2.05) is 0 Å². The second-order valence-corrected chi connectivity index (χ2v) is 4.18. The van der Waals surface area contributed by atoms with Gasteiger partial charge in [-0.25, -0.2) is 0 Å². The highest BCUT2D eigenvalue weighted by Gasteiger charge is 2.32. The van der Waals surface area contributed by atoms with Crippen LogP contribution in [0.5, 0.6) is 0 Å². The number of primary amides is 1. The molecule has 3 N–H and O–H groups in total. The topological polar surface area (TPSA) is 83.6 Å². The van der Waals surface area contributed by atoms with Crippen molar-refractivity contribution in [3.05, 3.63) is 29.8 Å². The maximum atomic E-state index is 12.6. The number of carbonyl (C=O) groups is 2. The second-order valence-electron chi connectivity index (χ2n) is 4.18. The maximum absolute atomic E-state index is 12.6. The highest BCUT2D eigenvalue weighted by Crippen LogP contribution is 2.31. The van der Waals surface area contributed by atoms with Crippen molar-refractivity contribution in [3.8, 4) is 0 Å². The number of anilines is 1. The molecule has 1 rings (SSSR count). The lowest BCUT2D eigenvalue weighted by Gasteiger charge is -2.23. The fourth-order valence-electron chi connectivity index (χ4n) is 1.55. The van der Waals surface area contributed by atoms with Gasteiger partial charge in [0.2, 0.25) is 0 Å². The highest BCUT2D eigenvalue weighted by atomic mass is 19.4. The summed E-state index contributed by atoms with van der Waals surface area (Å²) in [5.74, 6) is -2.51. The summed E-state index contributed by atoms with van der Waals surface area (Å²) in [5.41, 5.74) is 3.71. The highest BCUT2D eigenvalue weighted by molar-refractivity contribution is 6.39. The number of benzene rings is 1. The molecule has 0 fully saturated rings. The largest absolute Gasteiger partial charge is 0.416 e. The Morgan fingerprint density at radius 1 is 1.40 bits per heavy atom. The Balaban J connectivity index is 3.20. The van der Waals surface area contributed by atoms with E-state index in [1.165, 1.54) is 13.0 Å². The first-order valence-electron chi connectivity index (χ1n) is 5.59. The van der Waals surface area contributed by atoms with Crippen LogP contribution in [0.2, 0.25) is 0 Å². The summed E-state index contributed by atoms with van der Waals surface area (Å²) in [6.45, 7) is 0.984. The van der Waals surface area contributed by atoms with E-state index in [0.29, 0.717) is 11.0 Å². The van der Waals surface area contributed by atoms with Crippen molar-refractivity contribution >= 4 is 17.5 Å². The second kappa shape index (κ2) is 5.91. The summed E-state index contributed by atoms with van der Waals surface area (Å²) in [5, 5.41) is 9.28. The Morgan fingerprint density at radius 2 is 2.00 bits per heavy atom. The Morgan fingerprint density at radius 3 is 2.45 bits per heavy atom. The van der Waals surface area contributed by atoms with E-state index >= 15 is 0 Å². The quantitative estimate of drug-likeness (QED) is 0.811. The number of hydrogen-bond acceptors (Lipinski definition) is 3. The lowest BCUT2D eigenvalue weighted by atomic mass is 10.1. The number of aliphatic hydroxyl groups is 1. The van der Waals surface area contributed by atoms with E-state index in [4.69, 9.17) is 5.73 Å². The van der Waals surface area contributed by atoms with E-state index in [2.05, 4.69) is 0 Å². The predicted molar refractivity (Wildman–Crippen MR) is 64.7 cm³/mol. The predicted octanol–water partition coefficient (Wildman–Crippen LogP) is 0.905. The molecule has 1 aromatic rings. The molecule has 0 radical (unpaired) electrons. The maximum Gasteiger partial charge on any atom is 0.416 e. The molecule has 0 saturated heterocycles. The Kier molecular flexibility index (Phi) is 4.72. The van der Waals surface area contributed by atoms with Gasteiger partial charge in [0, 0.05) is 5.69 Å². The lowest BCUT2D eigenvalue weighted by molar-refractivity contribution is -0.137. The van der Waals surface area contributed by atoms with Crippen LogP contribution in [0.25, 0.3) is 0 Å². The molecular weight excluding hydrogens is 277 g/mol. The molecule has 0 aliphatic rings. The molecule has 20 heavy (non-hydrogen) atoms. The molecule has 1 aromatic carbocycles. The fourth-order valence-corrected chi connectivity index (χ4v) is 1.55. The van der Waals surface area contributed by atoms with Gasteiger partial charge in [-0.2, -0.15) is 13.2 Å². The van der Waals surface area contributed by atoms with Crippen molar-refractivity contribution in [1.29, 1.82) is 0 Å². The van der Waals surface area contributed by atoms with Crippen LogP contribution in [0, 0.1) is 0 Å². The van der Waals surface area contributed by atoms with E-state index < -0.39 is 29.7 Å². The minimum Gasteiger partial charge on any atom is -0.392 e. The molecule has 0 saturated carbocycles. The molecule has 0 heterocycles. The van der Waals surface area contributed by atoms with Gasteiger partial charge in [0.15, 0.2) is 0 Å². The zero-order valence-electron chi connectivity index (χ0n) is 10.5. The standard InChI is InChI=1S/C12H13F3N2O3/c1-7(18)6-17(11(20)10(16)19)9-4-2-3-8(5-9)12(13,14)15/h2-5,7,18H,6H2,1H3,(H2,16,19). The third-order valence-corrected chi connectivity index (χ3v) is 2.39. The molecule has 0 spiro atoms. The first-order valence-corrected chi connectivity index (χ1v) is 5.59. The van der Waals surface area contributed by atoms with Gasteiger partial charge in [-0.05, 0) is 25.1 Å². The van der Waals surface area contributed by atoms with E-state index in [-0.39, 0.29) is 12.2 Å². The summed E-state index contributed by atoms with van der Waals surface area (Å²) in [7, 11) is 0. The van der Waals surface area contributed by atoms with Crippen molar-refractivity contribution in [2.45, 2.75) is 19.2 Å². The van der Waals surface area contributed by atoms with Gasteiger partial charge in [0.05, 0.1) is 18.2 Å². The number of amides is 2. The van der Waals surface area contributed by atoms with E-state index in [9.17, 15) is 27.9 Å². The summed E-state index contributed by atoms with van der Waals surface area (Å²) in [6.07, 6.45) is -5.62. The molecule has 0 aliphatic carbocycles. The van der Waals surface area contributed by atoms with Crippen molar-refractivity contribution in [3.63, 3.8) is 0 Å². The van der Waals surface area contributed by atoms with Crippen LogP contribution in [0.3, 0.4) is 0 Å². The minimum absolute atomic E-state index is 0.162. The number of nitrogens with zero attached hydrogens (tertiary/aromatic N) is 1. The number of aliphatic hydroxyl groups excluding tert-OH is 1. The summed E-state index contributed by atoms with van der Waals surface area (Å²) in [4.78, 5) is 23.2. The van der Waals surface area contributed by atoms with Gasteiger partial charge in [-0.1, -0.05) is 6.07 Å². The first kappa shape index (κ1) is 16.0. The third-order valence-electron chi connectivity index (χ3n) is 2.39. The van der Waals surface area contributed by atoms with Crippen LogP contribution in [-0.2, 0) is 15.8 Å². The number of halogens is 3. The van der Waals surface area contributed by atoms with Crippen molar-refractivity contribution < 1.29 is 27.9 Å². The monoisotopic (exact) mass is 290 g/mol. The van der Waals surface area contributed by atoms with Crippen LogP contribution in [0.4, 0.5) is 18.9 Å². The van der Waals surface area contributed by atoms with Crippen molar-refractivity contribution in [1.82, 2.24) is 0 Å². The number of alkyl halides is 3. The number of hydrogen-bond donors (Lipinski definition) is 2. The SMILES string of the molecule is CC(O)CN(C(=O)C(N)=O)c1cccc(C(F)(F)F)c1. The Hall–Kier alpha value is -2.09. The number of rotatable bonds is 3. The molecule has 5 nitrogen and oxygen atoms in total. The molecule has 110 valence electrons. The van der Waals surface area contributed by atoms with Crippen LogP contribution in [0.1, 0.15) is 12.5 Å². The summed E-state index contributed by atoms with van der Waals surface area (Å²) < 4.78 is 37.8. The van der Waals surface area contributed by atoms with Gasteiger partial charge >= 0.3 is 18.0 Å². The van der Waals surface area contributed by atoms with Crippen LogP contribution in [0.15, 0.2) is 24.3 Å². The normalized spacial score (nSPS) is 12.8. The van der Waals surface area contributed by atoms with Crippen LogP contribution >= 0.6 is 0 Å². The molecule has 0 bridgehead atoms. The van der Waals surface area contributed by atoms with Gasteiger partial charge in [0.25, 0.3) is 0 Å². The molecule has 1 unspecified atom stereocenters. The van der Waals surface area contributed by atoms with Gasteiger partial charge in [-0.3, -0.25) is 9.59 Å². The van der Waals surface area contributed by atoms with Gasteiger partial charge < -0.3 is 15.7 Å². The summed E-state index contributed by atoms with van der Waals surface area (Å²) >= 11 is 0. The lowest BCUT2D eigenvalue weighted by Crippen LogP contribution is -2.43. The smallest absolute Gasteiger partial charge is 0.392 e. The Labute approximate surface area is 112 Å². The van der Waals surface area contributed by atoms with E-state index in [0.717, 1.165) is 12.1 Å². The van der Waals surface area contributed by atoms with Crippen LogP contribution < -0.4 is 10.6 Å². The Bertz CT molecular complexity index is 515. The van der Waals surface area contributed by atoms with Gasteiger partial charge in [0.1, 0.15) is 0 Å². The number of carbonyl (C=O) groups excluding carboxylic acids is 2. The zero-order chi connectivity index (χ0) is 15.5. The average molecular weight is 290 g/mol. The summed E-state index contributed by atoms with van der Waals surface area (Å²) in [6, 6.07) is 3.86. The average Bonchev–Trinajstić information content (AvgIpc) is 2.34. The molecule has 0 aromatic heterocycles. The van der Waals surface area contributed by atoms with Crippen LogP contribution in [-0.4, -0.2) is 29.6 Å². The van der Waals surface area contributed by atoms with Crippen molar-refractivity contribution in [2.75, 3.05) is 11.4 Å². The zero-order valence-corrected chi connectivity index (χ0v) is 10.5. The molecule has 1 atom stereocenters. The molecule has 8 heteroatoms. The van der Waals surface area contributed by atoms with E-state index in [1.54, 1.807) is 0 Å². The fraction of sp³-hybridized carbons (Fsp3) is 0.333. The molecule has 2 amide bonds. The molecule has 0 aliphatic heterocycles. The third kappa shape index (κ3) is 3.95. The number of nitrogens with two attached hydrogens (primary N) is 1.